The molecular formula is C9H15NO5. The summed E-state index contributed by atoms with van der Waals surface area (Å²) in [6, 6.07) is 0. The molecule has 0 aromatic heterocycles. The van der Waals surface area contributed by atoms with Gasteiger partial charge in [0.25, 0.3) is 11.8 Å². The van der Waals surface area contributed by atoms with Crippen LogP contribution in [-0.2, 0) is 19.1 Å². The maximum absolute atomic E-state index is 11.2. The number of morpholine rings is 1. The summed E-state index contributed by atoms with van der Waals surface area (Å²) in [4.78, 5) is 23.6. The monoisotopic (exact) mass is 217 g/mol. The fourth-order valence-corrected chi connectivity index (χ4v) is 1.32. The number of carbonyl (C=O) groups is 2. The van der Waals surface area contributed by atoms with Crippen LogP contribution >= 0.6 is 0 Å². The number of methoxy groups -OCH3 is 1. The summed E-state index contributed by atoms with van der Waals surface area (Å²) in [5.41, 5.74) is 0. The van der Waals surface area contributed by atoms with Crippen molar-refractivity contribution in [1.29, 1.82) is 0 Å². The fourth-order valence-electron chi connectivity index (χ4n) is 1.32. The molecule has 1 fully saturated rings. The zero-order valence-corrected chi connectivity index (χ0v) is 8.64. The summed E-state index contributed by atoms with van der Waals surface area (Å²) >= 11 is 0. The van der Waals surface area contributed by atoms with Gasteiger partial charge in [0.15, 0.2) is 0 Å². The van der Waals surface area contributed by atoms with E-state index in [0.29, 0.717) is 6.42 Å². The smallest absolute Gasteiger partial charge is 0.255 e. The molecule has 1 rings (SSSR count). The average molecular weight is 217 g/mol. The number of aliphatic hydroxyl groups is 1. The van der Waals surface area contributed by atoms with E-state index in [1.54, 1.807) is 0 Å². The molecule has 1 N–H and O–H groups in total. The Bertz CT molecular complexity index is 227. The van der Waals surface area contributed by atoms with Crippen LogP contribution in [0.5, 0.6) is 0 Å². The van der Waals surface area contributed by atoms with Crippen molar-refractivity contribution in [2.24, 2.45) is 0 Å². The summed E-state index contributed by atoms with van der Waals surface area (Å²) in [5.74, 6) is -0.702. The van der Waals surface area contributed by atoms with Crippen LogP contribution in [0.4, 0.5) is 0 Å². The Morgan fingerprint density at radius 3 is 2.60 bits per heavy atom. The summed E-state index contributed by atoms with van der Waals surface area (Å²) in [7, 11) is 1.48. The van der Waals surface area contributed by atoms with Crippen LogP contribution < -0.4 is 0 Å². The molecule has 1 aliphatic heterocycles. The number of carbonyl (C=O) groups excluding carboxylic acids is 2. The predicted octanol–water partition coefficient (Wildman–Crippen LogP) is -1.23. The molecule has 1 unspecified atom stereocenters. The number of rotatable bonds is 5. The van der Waals surface area contributed by atoms with Gasteiger partial charge in [-0.05, 0) is 6.42 Å². The third kappa shape index (κ3) is 3.58. The molecular weight excluding hydrogens is 202 g/mol. The second-order valence-electron chi connectivity index (χ2n) is 3.33. The van der Waals surface area contributed by atoms with E-state index in [4.69, 9.17) is 9.47 Å². The number of amides is 2. The quantitative estimate of drug-likeness (QED) is 0.583. The molecule has 0 aromatic rings. The Morgan fingerprint density at radius 2 is 2.07 bits per heavy atom. The third-order valence-corrected chi connectivity index (χ3v) is 2.10. The van der Waals surface area contributed by atoms with Gasteiger partial charge in [-0.3, -0.25) is 14.5 Å². The van der Waals surface area contributed by atoms with Gasteiger partial charge in [0.2, 0.25) is 0 Å². The van der Waals surface area contributed by atoms with Gasteiger partial charge in [-0.2, -0.15) is 0 Å². The Morgan fingerprint density at radius 1 is 1.47 bits per heavy atom. The fraction of sp³-hybridized carbons (Fsp3) is 0.778. The summed E-state index contributed by atoms with van der Waals surface area (Å²) in [6.07, 6.45) is -0.329. The van der Waals surface area contributed by atoms with Crippen molar-refractivity contribution in [3.8, 4) is 0 Å². The highest BCUT2D eigenvalue weighted by Gasteiger charge is 2.26. The molecule has 0 aliphatic carbocycles. The van der Waals surface area contributed by atoms with Gasteiger partial charge < -0.3 is 14.6 Å². The van der Waals surface area contributed by atoms with Crippen molar-refractivity contribution in [2.45, 2.75) is 12.5 Å². The van der Waals surface area contributed by atoms with E-state index in [1.807, 2.05) is 0 Å². The Labute approximate surface area is 87.8 Å². The third-order valence-electron chi connectivity index (χ3n) is 2.10. The van der Waals surface area contributed by atoms with Gasteiger partial charge in [0.1, 0.15) is 13.2 Å². The topological polar surface area (TPSA) is 76.1 Å². The van der Waals surface area contributed by atoms with E-state index in [2.05, 4.69) is 0 Å². The molecule has 6 heteroatoms. The molecule has 1 aliphatic rings. The van der Waals surface area contributed by atoms with Crippen molar-refractivity contribution in [3.05, 3.63) is 0 Å². The summed E-state index contributed by atoms with van der Waals surface area (Å²) in [6.45, 7) is 0.288. The lowest BCUT2D eigenvalue weighted by Crippen LogP contribution is -2.47. The number of hydrogen-bond donors (Lipinski definition) is 1. The lowest BCUT2D eigenvalue weighted by molar-refractivity contribution is -0.158. The molecule has 1 saturated heterocycles. The van der Waals surface area contributed by atoms with E-state index in [-0.39, 0.29) is 38.2 Å². The molecule has 0 bridgehead atoms. The minimum absolute atomic E-state index is 0.0634. The van der Waals surface area contributed by atoms with Crippen LogP contribution in [0.25, 0.3) is 0 Å². The van der Waals surface area contributed by atoms with E-state index < -0.39 is 6.10 Å². The number of aliphatic hydroxyl groups excluding tert-OH is 1. The molecule has 0 radical (unpaired) electrons. The summed E-state index contributed by atoms with van der Waals surface area (Å²) < 4.78 is 9.48. The van der Waals surface area contributed by atoms with Crippen molar-refractivity contribution in [3.63, 3.8) is 0 Å². The zero-order chi connectivity index (χ0) is 11.3. The van der Waals surface area contributed by atoms with Gasteiger partial charge in [-0.15, -0.1) is 0 Å². The molecule has 0 spiro atoms. The molecule has 86 valence electrons. The molecule has 1 heterocycles. The molecule has 0 saturated carbocycles. The van der Waals surface area contributed by atoms with E-state index in [0.717, 1.165) is 4.90 Å². The number of nitrogens with zero attached hydrogens (tertiary/aromatic N) is 1. The van der Waals surface area contributed by atoms with Crippen LogP contribution in [0.15, 0.2) is 0 Å². The Hall–Kier alpha value is -0.980. The van der Waals surface area contributed by atoms with Crippen LogP contribution in [0.1, 0.15) is 6.42 Å². The first-order valence-corrected chi connectivity index (χ1v) is 4.73. The first-order chi connectivity index (χ1) is 7.15. The minimum Gasteiger partial charge on any atom is -0.391 e. The molecule has 15 heavy (non-hydrogen) atoms. The Balaban J connectivity index is 2.35. The van der Waals surface area contributed by atoms with Crippen molar-refractivity contribution < 1.29 is 24.2 Å². The van der Waals surface area contributed by atoms with Crippen molar-refractivity contribution >= 4 is 11.8 Å². The van der Waals surface area contributed by atoms with Crippen LogP contribution in [0.2, 0.25) is 0 Å². The van der Waals surface area contributed by atoms with Gasteiger partial charge in [-0.25, -0.2) is 0 Å². The van der Waals surface area contributed by atoms with Crippen molar-refractivity contribution in [2.75, 3.05) is 33.5 Å². The van der Waals surface area contributed by atoms with Gasteiger partial charge in [0, 0.05) is 13.7 Å². The van der Waals surface area contributed by atoms with E-state index in [9.17, 15) is 14.7 Å². The maximum atomic E-state index is 11.2. The lowest BCUT2D eigenvalue weighted by Gasteiger charge is -2.25. The van der Waals surface area contributed by atoms with Gasteiger partial charge in [0.05, 0.1) is 12.7 Å². The van der Waals surface area contributed by atoms with E-state index >= 15 is 0 Å². The molecule has 0 aromatic carbocycles. The van der Waals surface area contributed by atoms with Gasteiger partial charge >= 0.3 is 0 Å². The largest absolute Gasteiger partial charge is 0.391 e. The highest BCUT2D eigenvalue weighted by atomic mass is 16.5. The van der Waals surface area contributed by atoms with Crippen molar-refractivity contribution in [1.82, 2.24) is 4.90 Å². The normalized spacial score (nSPS) is 19.5. The second-order valence-corrected chi connectivity index (χ2v) is 3.33. The second kappa shape index (κ2) is 5.79. The van der Waals surface area contributed by atoms with Crippen LogP contribution in [-0.4, -0.2) is 61.4 Å². The van der Waals surface area contributed by atoms with E-state index in [1.165, 1.54) is 7.11 Å². The standard InChI is InChI=1S/C9H15NO5/c1-14-4-7(11)2-3-10-8(12)5-15-6-9(10)13/h7,11H,2-6H2,1H3. The van der Waals surface area contributed by atoms with Gasteiger partial charge in [-0.1, -0.05) is 0 Å². The number of ether oxygens (including phenoxy) is 2. The Kier molecular flexibility index (Phi) is 4.67. The predicted molar refractivity (Wildman–Crippen MR) is 50.0 cm³/mol. The number of imide groups is 1. The SMILES string of the molecule is COCC(O)CCN1C(=O)COCC1=O. The van der Waals surface area contributed by atoms with Crippen LogP contribution in [0.3, 0.4) is 0 Å². The highest BCUT2D eigenvalue weighted by molar-refractivity contribution is 5.98. The maximum Gasteiger partial charge on any atom is 0.255 e. The number of hydrogen-bond acceptors (Lipinski definition) is 5. The highest BCUT2D eigenvalue weighted by Crippen LogP contribution is 2.03. The average Bonchev–Trinajstić information content (AvgIpc) is 2.17. The molecule has 6 nitrogen and oxygen atoms in total. The molecule has 2 amide bonds. The summed E-state index contributed by atoms with van der Waals surface area (Å²) in [5, 5.41) is 9.35. The molecule has 1 atom stereocenters. The van der Waals surface area contributed by atoms with Crippen LogP contribution in [0, 0.1) is 0 Å². The minimum atomic E-state index is -0.654. The zero-order valence-electron chi connectivity index (χ0n) is 8.64. The first-order valence-electron chi connectivity index (χ1n) is 4.73. The first kappa shape index (κ1) is 12.1. The lowest BCUT2D eigenvalue weighted by atomic mass is 10.2.